The van der Waals surface area contributed by atoms with E-state index in [0.717, 1.165) is 0 Å². The molecule has 0 unspecified atom stereocenters. The van der Waals surface area contributed by atoms with Crippen molar-refractivity contribution < 1.29 is 14.6 Å². The first-order valence-corrected chi connectivity index (χ1v) is 6.29. The molecule has 3 nitrogen and oxygen atoms in total. The van der Waals surface area contributed by atoms with Gasteiger partial charge in [0.2, 0.25) is 0 Å². The van der Waals surface area contributed by atoms with Crippen LogP contribution in [0.2, 0.25) is 0 Å². The third-order valence-electron chi connectivity index (χ3n) is 3.89. The number of carbonyl (C=O) groups is 1. The van der Waals surface area contributed by atoms with Crippen molar-refractivity contribution >= 4 is 5.97 Å². The number of ether oxygens (including phenoxy) is 1. The SMILES string of the molecule is CC(C)C(C)(C(=O)Oc1ccc(O)cc1)C(C)C. The first-order valence-electron chi connectivity index (χ1n) is 6.29. The van der Waals surface area contributed by atoms with Gasteiger partial charge in [0.1, 0.15) is 11.5 Å². The van der Waals surface area contributed by atoms with E-state index in [1.807, 2.05) is 34.6 Å². The third kappa shape index (κ3) is 2.84. The third-order valence-corrected chi connectivity index (χ3v) is 3.89. The molecule has 1 aromatic carbocycles. The quantitative estimate of drug-likeness (QED) is 0.656. The summed E-state index contributed by atoms with van der Waals surface area (Å²) < 4.78 is 5.41. The van der Waals surface area contributed by atoms with Crippen molar-refractivity contribution in [2.24, 2.45) is 17.3 Å². The highest BCUT2D eigenvalue weighted by Gasteiger charge is 2.41. The second-order valence-electron chi connectivity index (χ2n) is 5.48. The van der Waals surface area contributed by atoms with Crippen molar-refractivity contribution in [2.75, 3.05) is 0 Å². The van der Waals surface area contributed by atoms with Gasteiger partial charge in [0.05, 0.1) is 5.41 Å². The molecular weight excluding hydrogens is 228 g/mol. The van der Waals surface area contributed by atoms with Crippen LogP contribution in [0.15, 0.2) is 24.3 Å². The summed E-state index contributed by atoms with van der Waals surface area (Å²) in [7, 11) is 0. The van der Waals surface area contributed by atoms with Crippen LogP contribution < -0.4 is 4.74 Å². The number of esters is 1. The molecule has 0 atom stereocenters. The number of hydrogen-bond donors (Lipinski definition) is 1. The molecule has 0 aliphatic rings. The summed E-state index contributed by atoms with van der Waals surface area (Å²) in [5, 5.41) is 9.19. The summed E-state index contributed by atoms with van der Waals surface area (Å²) >= 11 is 0. The summed E-state index contributed by atoms with van der Waals surface area (Å²) in [6.07, 6.45) is 0. The van der Waals surface area contributed by atoms with Gasteiger partial charge in [-0.05, 0) is 43.0 Å². The van der Waals surface area contributed by atoms with Gasteiger partial charge in [-0.2, -0.15) is 0 Å². The van der Waals surface area contributed by atoms with Crippen LogP contribution in [-0.4, -0.2) is 11.1 Å². The Bertz CT molecular complexity index is 396. The predicted molar refractivity (Wildman–Crippen MR) is 71.5 cm³/mol. The van der Waals surface area contributed by atoms with E-state index in [0.29, 0.717) is 5.75 Å². The summed E-state index contributed by atoms with van der Waals surface area (Å²) in [6.45, 7) is 10.0. The molecule has 0 aliphatic carbocycles. The van der Waals surface area contributed by atoms with E-state index in [1.54, 1.807) is 12.1 Å². The second-order valence-corrected chi connectivity index (χ2v) is 5.48. The molecule has 0 spiro atoms. The number of aromatic hydroxyl groups is 1. The number of phenolic OH excluding ortho intramolecular Hbond substituents is 1. The van der Waals surface area contributed by atoms with Crippen molar-refractivity contribution in [1.29, 1.82) is 0 Å². The van der Waals surface area contributed by atoms with Crippen LogP contribution in [0.5, 0.6) is 11.5 Å². The van der Waals surface area contributed by atoms with E-state index in [-0.39, 0.29) is 23.6 Å². The number of hydrogen-bond acceptors (Lipinski definition) is 3. The van der Waals surface area contributed by atoms with Crippen LogP contribution in [0, 0.1) is 17.3 Å². The molecule has 18 heavy (non-hydrogen) atoms. The zero-order valence-electron chi connectivity index (χ0n) is 11.7. The van der Waals surface area contributed by atoms with Crippen molar-refractivity contribution in [3.05, 3.63) is 24.3 Å². The van der Waals surface area contributed by atoms with E-state index in [4.69, 9.17) is 4.74 Å². The fraction of sp³-hybridized carbons (Fsp3) is 0.533. The van der Waals surface area contributed by atoms with E-state index in [2.05, 4.69) is 0 Å². The van der Waals surface area contributed by atoms with Crippen molar-refractivity contribution in [2.45, 2.75) is 34.6 Å². The Balaban J connectivity index is 2.89. The Hall–Kier alpha value is -1.51. The molecule has 1 aromatic rings. The molecule has 0 saturated carbocycles. The summed E-state index contributed by atoms with van der Waals surface area (Å²) in [5.41, 5.74) is -0.516. The van der Waals surface area contributed by atoms with E-state index in [1.165, 1.54) is 12.1 Å². The standard InChI is InChI=1S/C15H22O3/c1-10(2)15(5,11(3)4)14(17)18-13-8-6-12(16)7-9-13/h6-11,16H,1-5H3. The van der Waals surface area contributed by atoms with Crippen molar-refractivity contribution in [3.8, 4) is 11.5 Å². The minimum Gasteiger partial charge on any atom is -0.508 e. The minimum absolute atomic E-state index is 0.158. The van der Waals surface area contributed by atoms with Gasteiger partial charge < -0.3 is 9.84 Å². The largest absolute Gasteiger partial charge is 0.508 e. The topological polar surface area (TPSA) is 46.5 Å². The molecule has 0 heterocycles. The number of carbonyl (C=O) groups excluding carboxylic acids is 1. The zero-order valence-corrected chi connectivity index (χ0v) is 11.7. The molecule has 1 N–H and O–H groups in total. The Labute approximate surface area is 109 Å². The molecule has 0 bridgehead atoms. The van der Waals surface area contributed by atoms with Gasteiger partial charge >= 0.3 is 5.97 Å². The highest BCUT2D eigenvalue weighted by atomic mass is 16.5. The first kappa shape index (κ1) is 14.6. The highest BCUT2D eigenvalue weighted by molar-refractivity contribution is 5.79. The van der Waals surface area contributed by atoms with Crippen LogP contribution in [-0.2, 0) is 4.79 Å². The smallest absolute Gasteiger partial charge is 0.317 e. The van der Waals surface area contributed by atoms with Gasteiger partial charge in [-0.15, -0.1) is 0 Å². The lowest BCUT2D eigenvalue weighted by atomic mass is 9.70. The minimum atomic E-state index is -0.516. The second kappa shape index (κ2) is 5.42. The van der Waals surface area contributed by atoms with E-state index in [9.17, 15) is 9.90 Å². The maximum Gasteiger partial charge on any atom is 0.317 e. The Kier molecular flexibility index (Phi) is 4.38. The van der Waals surface area contributed by atoms with Gasteiger partial charge in [-0.25, -0.2) is 0 Å². The van der Waals surface area contributed by atoms with Crippen LogP contribution in [0.1, 0.15) is 34.6 Å². The van der Waals surface area contributed by atoms with Crippen molar-refractivity contribution in [1.82, 2.24) is 0 Å². The average Bonchev–Trinajstić information content (AvgIpc) is 2.30. The predicted octanol–water partition coefficient (Wildman–Crippen LogP) is 3.62. The number of rotatable bonds is 4. The van der Waals surface area contributed by atoms with Gasteiger partial charge in [-0.1, -0.05) is 27.7 Å². The number of benzene rings is 1. The molecule has 1 rings (SSSR count). The van der Waals surface area contributed by atoms with Gasteiger partial charge in [0, 0.05) is 0 Å². The maximum absolute atomic E-state index is 12.3. The first-order chi connectivity index (χ1) is 8.28. The molecular formula is C15H22O3. The van der Waals surface area contributed by atoms with Crippen LogP contribution in [0.25, 0.3) is 0 Å². The normalized spacial score (nSPS) is 11.9. The van der Waals surface area contributed by atoms with Gasteiger partial charge in [0.25, 0.3) is 0 Å². The molecule has 0 radical (unpaired) electrons. The van der Waals surface area contributed by atoms with Gasteiger partial charge in [0.15, 0.2) is 0 Å². The Morgan fingerprint density at radius 1 is 1.11 bits per heavy atom. The molecule has 0 saturated heterocycles. The molecule has 0 fully saturated rings. The molecule has 0 aliphatic heterocycles. The maximum atomic E-state index is 12.3. The fourth-order valence-corrected chi connectivity index (χ4v) is 1.87. The van der Waals surface area contributed by atoms with E-state index < -0.39 is 5.41 Å². The van der Waals surface area contributed by atoms with Crippen LogP contribution >= 0.6 is 0 Å². The van der Waals surface area contributed by atoms with E-state index >= 15 is 0 Å². The highest BCUT2D eigenvalue weighted by Crippen LogP contribution is 2.37. The molecule has 0 amide bonds. The van der Waals surface area contributed by atoms with Crippen LogP contribution in [0.3, 0.4) is 0 Å². The lowest BCUT2D eigenvalue weighted by Crippen LogP contribution is -2.41. The number of phenols is 1. The lowest BCUT2D eigenvalue weighted by molar-refractivity contribution is -0.150. The fourth-order valence-electron chi connectivity index (χ4n) is 1.87. The molecule has 100 valence electrons. The average molecular weight is 250 g/mol. The monoisotopic (exact) mass is 250 g/mol. The summed E-state index contributed by atoms with van der Waals surface area (Å²) in [4.78, 5) is 12.3. The lowest BCUT2D eigenvalue weighted by Gasteiger charge is -2.34. The molecule has 3 heteroatoms. The van der Waals surface area contributed by atoms with Crippen molar-refractivity contribution in [3.63, 3.8) is 0 Å². The zero-order chi connectivity index (χ0) is 13.9. The summed E-state index contributed by atoms with van der Waals surface area (Å²) in [6, 6.07) is 6.19. The van der Waals surface area contributed by atoms with Crippen LogP contribution in [0.4, 0.5) is 0 Å². The Morgan fingerprint density at radius 2 is 1.56 bits per heavy atom. The summed E-state index contributed by atoms with van der Waals surface area (Å²) in [5.74, 6) is 0.790. The van der Waals surface area contributed by atoms with Gasteiger partial charge in [-0.3, -0.25) is 4.79 Å². The Morgan fingerprint density at radius 3 is 1.94 bits per heavy atom. The molecule has 0 aromatic heterocycles.